The number of piperidine rings is 1. The standard InChI is InChI=1S/C21H23FN6OS/c22-17-6-2-1-5-15(17)21-16-11-27(9-7-18(16)23-25-21)12-20(29)28-8-3-4-14(10-28)19-13-30-26-24-19/h1-2,5-6,13-14H,3-4,7-12H2,(H,23,25). The molecule has 5 rings (SSSR count). The highest BCUT2D eigenvalue weighted by Gasteiger charge is 2.29. The lowest BCUT2D eigenvalue weighted by molar-refractivity contribution is -0.133. The minimum Gasteiger partial charge on any atom is -0.341 e. The van der Waals surface area contributed by atoms with Crippen molar-refractivity contribution in [2.45, 2.75) is 31.7 Å². The molecule has 2 aliphatic heterocycles. The van der Waals surface area contributed by atoms with E-state index >= 15 is 0 Å². The van der Waals surface area contributed by atoms with Gasteiger partial charge in [0.2, 0.25) is 5.91 Å². The zero-order valence-electron chi connectivity index (χ0n) is 16.6. The fraction of sp³-hybridized carbons (Fsp3) is 0.429. The van der Waals surface area contributed by atoms with Crippen LogP contribution < -0.4 is 0 Å². The Morgan fingerprint density at radius 2 is 2.20 bits per heavy atom. The van der Waals surface area contributed by atoms with Gasteiger partial charge in [-0.1, -0.05) is 16.6 Å². The van der Waals surface area contributed by atoms with E-state index in [1.54, 1.807) is 12.1 Å². The number of likely N-dealkylation sites (tertiary alicyclic amines) is 1. The summed E-state index contributed by atoms with van der Waals surface area (Å²) in [6.45, 7) is 3.23. The predicted octanol–water partition coefficient (Wildman–Crippen LogP) is 2.83. The number of rotatable bonds is 4. The van der Waals surface area contributed by atoms with E-state index in [9.17, 15) is 9.18 Å². The molecule has 0 aliphatic carbocycles. The number of aromatic amines is 1. The molecule has 1 amide bonds. The first kappa shape index (κ1) is 19.3. The second-order valence-corrected chi connectivity index (χ2v) is 8.59. The molecular formula is C21H23FN6OS. The number of benzene rings is 1. The number of amides is 1. The summed E-state index contributed by atoms with van der Waals surface area (Å²) in [5.41, 5.74) is 4.16. The number of hydrogen-bond donors (Lipinski definition) is 1. The summed E-state index contributed by atoms with van der Waals surface area (Å²) in [6, 6.07) is 6.69. The van der Waals surface area contributed by atoms with Gasteiger partial charge in [0.1, 0.15) is 5.82 Å². The van der Waals surface area contributed by atoms with Gasteiger partial charge in [-0.3, -0.25) is 14.8 Å². The van der Waals surface area contributed by atoms with Crippen molar-refractivity contribution in [3.63, 3.8) is 0 Å². The maximum absolute atomic E-state index is 14.3. The number of nitrogens with one attached hydrogen (secondary N) is 1. The van der Waals surface area contributed by atoms with E-state index in [0.717, 1.165) is 49.3 Å². The third kappa shape index (κ3) is 3.75. The van der Waals surface area contributed by atoms with Crippen LogP contribution in [0.15, 0.2) is 29.6 Å². The number of nitrogens with zero attached hydrogens (tertiary/aromatic N) is 5. The Kier molecular flexibility index (Phi) is 5.30. The number of fused-ring (bicyclic) bond motifs is 1. The summed E-state index contributed by atoms with van der Waals surface area (Å²) in [5.74, 6) is 0.133. The summed E-state index contributed by atoms with van der Waals surface area (Å²) in [5, 5.41) is 13.6. The predicted molar refractivity (Wildman–Crippen MR) is 111 cm³/mol. The van der Waals surface area contributed by atoms with Crippen LogP contribution in [0.3, 0.4) is 0 Å². The Balaban J connectivity index is 1.27. The summed E-state index contributed by atoms with van der Waals surface area (Å²) < 4.78 is 18.3. The van der Waals surface area contributed by atoms with Crippen molar-refractivity contribution in [1.29, 1.82) is 0 Å². The Hall–Kier alpha value is -2.65. The first-order valence-corrected chi connectivity index (χ1v) is 11.1. The summed E-state index contributed by atoms with van der Waals surface area (Å²) >= 11 is 1.36. The largest absolute Gasteiger partial charge is 0.341 e. The van der Waals surface area contributed by atoms with E-state index in [-0.39, 0.29) is 17.6 Å². The number of halogens is 1. The Labute approximate surface area is 178 Å². The lowest BCUT2D eigenvalue weighted by Crippen LogP contribution is -2.45. The highest BCUT2D eigenvalue weighted by molar-refractivity contribution is 7.03. The third-order valence-corrected chi connectivity index (χ3v) is 6.59. The normalized spacial score (nSPS) is 19.6. The monoisotopic (exact) mass is 426 g/mol. The van der Waals surface area contributed by atoms with Gasteiger partial charge in [0, 0.05) is 60.7 Å². The molecule has 156 valence electrons. The molecule has 0 saturated carbocycles. The van der Waals surface area contributed by atoms with Crippen LogP contribution in [0.1, 0.15) is 35.7 Å². The molecule has 1 atom stereocenters. The number of H-pyrrole nitrogens is 1. The van der Waals surface area contributed by atoms with Crippen molar-refractivity contribution in [3.8, 4) is 11.3 Å². The van der Waals surface area contributed by atoms with Crippen LogP contribution in [-0.4, -0.2) is 61.7 Å². The average Bonchev–Trinajstić information content (AvgIpc) is 3.44. The minimum atomic E-state index is -0.282. The van der Waals surface area contributed by atoms with Crippen molar-refractivity contribution in [2.75, 3.05) is 26.2 Å². The molecule has 7 nitrogen and oxygen atoms in total. The number of carbonyl (C=O) groups excluding carboxylic acids is 1. The van der Waals surface area contributed by atoms with E-state index < -0.39 is 0 Å². The molecule has 1 unspecified atom stereocenters. The van der Waals surface area contributed by atoms with Crippen LogP contribution in [0, 0.1) is 5.82 Å². The van der Waals surface area contributed by atoms with Crippen molar-refractivity contribution >= 4 is 17.4 Å². The van der Waals surface area contributed by atoms with Crippen LogP contribution >= 0.6 is 11.5 Å². The second kappa shape index (κ2) is 8.23. The maximum atomic E-state index is 14.3. The van der Waals surface area contributed by atoms with Gasteiger partial charge in [0.25, 0.3) is 0 Å². The molecule has 3 aromatic rings. The molecule has 0 spiro atoms. The first-order chi connectivity index (χ1) is 14.7. The zero-order valence-corrected chi connectivity index (χ0v) is 17.4. The highest BCUT2D eigenvalue weighted by atomic mass is 32.1. The average molecular weight is 427 g/mol. The van der Waals surface area contributed by atoms with Gasteiger partial charge >= 0.3 is 0 Å². The van der Waals surface area contributed by atoms with Crippen molar-refractivity contribution in [2.24, 2.45) is 0 Å². The van der Waals surface area contributed by atoms with Crippen LogP contribution in [-0.2, 0) is 17.8 Å². The van der Waals surface area contributed by atoms with Gasteiger partial charge in [-0.2, -0.15) is 5.10 Å². The molecule has 0 bridgehead atoms. The highest BCUT2D eigenvalue weighted by Crippen LogP contribution is 2.30. The van der Waals surface area contributed by atoms with Gasteiger partial charge in [-0.15, -0.1) is 5.10 Å². The summed E-state index contributed by atoms with van der Waals surface area (Å²) in [7, 11) is 0. The van der Waals surface area contributed by atoms with E-state index in [1.165, 1.54) is 17.6 Å². The van der Waals surface area contributed by atoms with Crippen LogP contribution in [0.5, 0.6) is 0 Å². The molecule has 1 N–H and O–H groups in total. The fourth-order valence-electron chi connectivity index (χ4n) is 4.45. The Bertz CT molecular complexity index is 1040. The van der Waals surface area contributed by atoms with Gasteiger partial charge in [0.05, 0.1) is 17.9 Å². The molecule has 0 radical (unpaired) electrons. The Morgan fingerprint density at radius 1 is 1.30 bits per heavy atom. The second-order valence-electron chi connectivity index (χ2n) is 7.98. The fourth-order valence-corrected chi connectivity index (χ4v) is 4.98. The molecule has 30 heavy (non-hydrogen) atoms. The van der Waals surface area contributed by atoms with Crippen molar-refractivity contribution < 1.29 is 9.18 Å². The van der Waals surface area contributed by atoms with Crippen LogP contribution in [0.2, 0.25) is 0 Å². The van der Waals surface area contributed by atoms with E-state index in [0.29, 0.717) is 30.9 Å². The van der Waals surface area contributed by atoms with Gasteiger partial charge < -0.3 is 4.90 Å². The number of carbonyl (C=O) groups is 1. The van der Waals surface area contributed by atoms with Gasteiger partial charge in [-0.05, 0) is 36.5 Å². The topological polar surface area (TPSA) is 78.0 Å². The maximum Gasteiger partial charge on any atom is 0.236 e. The molecule has 2 aromatic heterocycles. The third-order valence-electron chi connectivity index (χ3n) is 6.07. The van der Waals surface area contributed by atoms with E-state index in [1.807, 2.05) is 16.3 Å². The zero-order chi connectivity index (χ0) is 20.5. The van der Waals surface area contributed by atoms with Gasteiger partial charge in [-0.25, -0.2) is 4.39 Å². The molecule has 1 fully saturated rings. The van der Waals surface area contributed by atoms with Crippen LogP contribution in [0.25, 0.3) is 11.3 Å². The lowest BCUT2D eigenvalue weighted by atomic mass is 9.95. The molecule has 9 heteroatoms. The number of hydrogen-bond acceptors (Lipinski definition) is 6. The minimum absolute atomic E-state index is 0.141. The van der Waals surface area contributed by atoms with Crippen LogP contribution in [0.4, 0.5) is 4.39 Å². The Morgan fingerprint density at radius 3 is 3.03 bits per heavy atom. The SMILES string of the molecule is O=C(CN1CCc2[nH]nc(-c3ccccc3F)c2C1)N1CCCC(c2csnn2)C1. The summed E-state index contributed by atoms with van der Waals surface area (Å²) in [6.07, 6.45) is 2.80. The van der Waals surface area contributed by atoms with Gasteiger partial charge in [0.15, 0.2) is 0 Å². The van der Waals surface area contributed by atoms with E-state index in [4.69, 9.17) is 0 Å². The lowest BCUT2D eigenvalue weighted by Gasteiger charge is -2.34. The van der Waals surface area contributed by atoms with Crippen molar-refractivity contribution in [1.82, 2.24) is 29.6 Å². The van der Waals surface area contributed by atoms with E-state index in [2.05, 4.69) is 24.7 Å². The molecule has 1 aromatic carbocycles. The quantitative estimate of drug-likeness (QED) is 0.694. The molecule has 2 aliphatic rings. The summed E-state index contributed by atoms with van der Waals surface area (Å²) in [4.78, 5) is 17.1. The van der Waals surface area contributed by atoms with Crippen molar-refractivity contribution in [3.05, 3.63) is 52.4 Å². The molecule has 1 saturated heterocycles. The molecular weight excluding hydrogens is 403 g/mol. The number of aromatic nitrogens is 4. The molecule has 4 heterocycles. The first-order valence-electron chi connectivity index (χ1n) is 10.3. The smallest absolute Gasteiger partial charge is 0.236 e.